The van der Waals surface area contributed by atoms with Gasteiger partial charge in [0.2, 0.25) is 0 Å². The number of pyridine rings is 1. The maximum atomic E-state index is 8.01. The Kier molecular flexibility index (Phi) is 4.14. The summed E-state index contributed by atoms with van der Waals surface area (Å²) in [5.41, 5.74) is 9.12. The summed E-state index contributed by atoms with van der Waals surface area (Å²) in [6, 6.07) is 3.84. The molecule has 0 bridgehead atoms. The van der Waals surface area contributed by atoms with Crippen LogP contribution in [0.5, 0.6) is 0 Å². The van der Waals surface area contributed by atoms with Gasteiger partial charge in [0.15, 0.2) is 0 Å². The lowest BCUT2D eigenvalue weighted by atomic mass is 10.2. The van der Waals surface area contributed by atoms with E-state index in [2.05, 4.69) is 15.0 Å². The molecule has 66 valence electrons. The molecule has 4 heteroatoms. The lowest BCUT2D eigenvalue weighted by molar-refractivity contribution is 0.995. The molecule has 0 unspecified atom stereocenters. The minimum atomic E-state index is 0.512. The molecule has 0 aliphatic rings. The SMILES string of the molecule is [N-]=[N+]=NCCC=Cc1ccncc1. The van der Waals surface area contributed by atoms with Crippen molar-refractivity contribution in [3.8, 4) is 0 Å². The fourth-order valence-electron chi connectivity index (χ4n) is 0.871. The number of hydrogen-bond donors (Lipinski definition) is 0. The van der Waals surface area contributed by atoms with E-state index < -0.39 is 0 Å². The van der Waals surface area contributed by atoms with E-state index in [9.17, 15) is 0 Å². The van der Waals surface area contributed by atoms with Gasteiger partial charge in [0.05, 0.1) is 0 Å². The van der Waals surface area contributed by atoms with E-state index in [4.69, 9.17) is 5.53 Å². The van der Waals surface area contributed by atoms with E-state index >= 15 is 0 Å². The van der Waals surface area contributed by atoms with E-state index in [-0.39, 0.29) is 0 Å². The highest BCUT2D eigenvalue weighted by molar-refractivity contribution is 5.47. The Balaban J connectivity index is 2.36. The van der Waals surface area contributed by atoms with Crippen LogP contribution in [0, 0.1) is 0 Å². The molecular weight excluding hydrogens is 164 g/mol. The maximum Gasteiger partial charge on any atom is 0.0292 e. The highest BCUT2D eigenvalue weighted by atomic mass is 15.1. The number of hydrogen-bond acceptors (Lipinski definition) is 2. The summed E-state index contributed by atoms with van der Waals surface area (Å²) < 4.78 is 0. The molecule has 0 saturated heterocycles. The molecule has 0 saturated carbocycles. The molecule has 0 aromatic carbocycles. The first-order valence-corrected chi connectivity index (χ1v) is 4.01. The van der Waals surface area contributed by atoms with E-state index in [0.29, 0.717) is 6.54 Å². The summed E-state index contributed by atoms with van der Waals surface area (Å²) in [5, 5.41) is 3.42. The molecule has 1 aromatic heterocycles. The lowest BCUT2D eigenvalue weighted by Crippen LogP contribution is -1.74. The van der Waals surface area contributed by atoms with Crippen LogP contribution >= 0.6 is 0 Å². The van der Waals surface area contributed by atoms with E-state index in [1.807, 2.05) is 24.3 Å². The lowest BCUT2D eigenvalue weighted by Gasteiger charge is -1.89. The third kappa shape index (κ3) is 3.94. The van der Waals surface area contributed by atoms with Crippen molar-refractivity contribution in [2.75, 3.05) is 6.54 Å². The Morgan fingerprint density at radius 3 is 2.92 bits per heavy atom. The standard InChI is InChI=1S/C9H10N4/c10-13-12-6-2-1-3-9-4-7-11-8-5-9/h1,3-5,7-8H,2,6H2. The number of rotatable bonds is 4. The fourth-order valence-corrected chi connectivity index (χ4v) is 0.871. The Hall–Kier alpha value is -1.80. The normalized spacial score (nSPS) is 9.85. The van der Waals surface area contributed by atoms with Crippen molar-refractivity contribution >= 4 is 6.08 Å². The predicted octanol–water partition coefficient (Wildman–Crippen LogP) is 2.80. The second-order valence-corrected chi connectivity index (χ2v) is 2.43. The molecule has 4 nitrogen and oxygen atoms in total. The van der Waals surface area contributed by atoms with Crippen LogP contribution in [0.3, 0.4) is 0 Å². The van der Waals surface area contributed by atoms with Crippen molar-refractivity contribution in [2.24, 2.45) is 5.11 Å². The summed E-state index contributed by atoms with van der Waals surface area (Å²) in [7, 11) is 0. The zero-order chi connectivity index (χ0) is 9.36. The first-order valence-electron chi connectivity index (χ1n) is 4.01. The van der Waals surface area contributed by atoms with Crippen LogP contribution in [-0.4, -0.2) is 11.5 Å². The zero-order valence-electron chi connectivity index (χ0n) is 7.17. The molecule has 0 atom stereocenters. The summed E-state index contributed by atoms with van der Waals surface area (Å²) in [4.78, 5) is 6.56. The van der Waals surface area contributed by atoms with Gasteiger partial charge in [-0.3, -0.25) is 4.98 Å². The molecule has 0 radical (unpaired) electrons. The van der Waals surface area contributed by atoms with Crippen LogP contribution in [0.25, 0.3) is 16.5 Å². The van der Waals surface area contributed by atoms with Crippen molar-refractivity contribution < 1.29 is 0 Å². The fraction of sp³-hybridized carbons (Fsp3) is 0.222. The van der Waals surface area contributed by atoms with Gasteiger partial charge in [-0.25, -0.2) is 0 Å². The van der Waals surface area contributed by atoms with Crippen molar-refractivity contribution in [3.05, 3.63) is 46.6 Å². The van der Waals surface area contributed by atoms with Gasteiger partial charge >= 0.3 is 0 Å². The van der Waals surface area contributed by atoms with Gasteiger partial charge in [0.25, 0.3) is 0 Å². The molecule has 0 aliphatic heterocycles. The van der Waals surface area contributed by atoms with Crippen LogP contribution in [0.4, 0.5) is 0 Å². The Labute approximate surface area is 76.6 Å². The minimum Gasteiger partial charge on any atom is -0.265 e. The smallest absolute Gasteiger partial charge is 0.0292 e. The Morgan fingerprint density at radius 2 is 2.23 bits per heavy atom. The molecule has 0 fully saturated rings. The maximum absolute atomic E-state index is 8.01. The molecule has 0 aliphatic carbocycles. The largest absolute Gasteiger partial charge is 0.265 e. The van der Waals surface area contributed by atoms with E-state index in [0.717, 1.165) is 12.0 Å². The minimum absolute atomic E-state index is 0.512. The molecule has 1 heterocycles. The van der Waals surface area contributed by atoms with Crippen LogP contribution in [0.2, 0.25) is 0 Å². The molecule has 13 heavy (non-hydrogen) atoms. The summed E-state index contributed by atoms with van der Waals surface area (Å²) >= 11 is 0. The quantitative estimate of drug-likeness (QED) is 0.299. The van der Waals surface area contributed by atoms with Gasteiger partial charge < -0.3 is 0 Å². The Morgan fingerprint density at radius 1 is 1.46 bits per heavy atom. The van der Waals surface area contributed by atoms with Crippen LogP contribution in [-0.2, 0) is 0 Å². The second-order valence-electron chi connectivity index (χ2n) is 2.43. The highest BCUT2D eigenvalue weighted by Gasteiger charge is 1.82. The third-order valence-corrected chi connectivity index (χ3v) is 1.48. The van der Waals surface area contributed by atoms with Crippen LogP contribution < -0.4 is 0 Å². The van der Waals surface area contributed by atoms with Crippen molar-refractivity contribution in [2.45, 2.75) is 6.42 Å². The molecular formula is C9H10N4. The zero-order valence-corrected chi connectivity index (χ0v) is 7.17. The van der Waals surface area contributed by atoms with E-state index in [1.54, 1.807) is 12.4 Å². The van der Waals surface area contributed by atoms with Gasteiger partial charge in [0.1, 0.15) is 0 Å². The molecule has 0 amide bonds. The average molecular weight is 174 g/mol. The number of nitrogens with zero attached hydrogens (tertiary/aromatic N) is 4. The van der Waals surface area contributed by atoms with Gasteiger partial charge in [-0.15, -0.1) is 0 Å². The summed E-state index contributed by atoms with van der Waals surface area (Å²) in [6.07, 6.45) is 8.21. The van der Waals surface area contributed by atoms with Crippen molar-refractivity contribution in [3.63, 3.8) is 0 Å². The molecule has 0 spiro atoms. The first kappa shape index (κ1) is 9.29. The Bertz CT molecular complexity index is 312. The van der Waals surface area contributed by atoms with E-state index in [1.165, 1.54) is 0 Å². The first-order chi connectivity index (χ1) is 6.43. The summed E-state index contributed by atoms with van der Waals surface area (Å²) in [5.74, 6) is 0. The average Bonchev–Trinajstić information content (AvgIpc) is 2.19. The van der Waals surface area contributed by atoms with Gasteiger partial charge in [-0.1, -0.05) is 17.3 Å². The van der Waals surface area contributed by atoms with Gasteiger partial charge in [-0.2, -0.15) is 0 Å². The number of aromatic nitrogens is 1. The predicted molar refractivity (Wildman–Crippen MR) is 51.9 cm³/mol. The number of azide groups is 1. The topological polar surface area (TPSA) is 61.7 Å². The highest BCUT2D eigenvalue weighted by Crippen LogP contribution is 1.99. The van der Waals surface area contributed by atoms with Crippen molar-refractivity contribution in [1.29, 1.82) is 0 Å². The molecule has 1 rings (SSSR count). The second kappa shape index (κ2) is 5.80. The van der Waals surface area contributed by atoms with Gasteiger partial charge in [0, 0.05) is 23.9 Å². The van der Waals surface area contributed by atoms with Gasteiger partial charge in [-0.05, 0) is 29.6 Å². The molecule has 0 N–H and O–H groups in total. The van der Waals surface area contributed by atoms with Crippen molar-refractivity contribution in [1.82, 2.24) is 4.98 Å². The summed E-state index contributed by atoms with van der Waals surface area (Å²) in [6.45, 7) is 0.512. The monoisotopic (exact) mass is 174 g/mol. The molecule has 1 aromatic rings. The van der Waals surface area contributed by atoms with Crippen LogP contribution in [0.15, 0.2) is 35.7 Å². The third-order valence-electron chi connectivity index (χ3n) is 1.48. The van der Waals surface area contributed by atoms with Crippen LogP contribution in [0.1, 0.15) is 12.0 Å².